The summed E-state index contributed by atoms with van der Waals surface area (Å²) in [5.41, 5.74) is 2.45. The second-order valence-electron chi connectivity index (χ2n) is 6.02. The van der Waals surface area contributed by atoms with Gasteiger partial charge in [-0.3, -0.25) is 9.89 Å². The summed E-state index contributed by atoms with van der Waals surface area (Å²) in [6.45, 7) is 2.04. The zero-order chi connectivity index (χ0) is 19.1. The van der Waals surface area contributed by atoms with E-state index in [0.29, 0.717) is 28.1 Å². The monoisotopic (exact) mass is 368 g/mol. The Balaban J connectivity index is 1.71. The standard InChI is InChI=1S/C16H16N8O3/c1-8-10(7-24-16(23(8)2)20-21-22-24)14(25)18-12-5-4-11-9(6-17-19-11)13(12)15(26)27-3/h4-6H,7H2,1-3H3,(H,17,19)(H,18,25). The van der Waals surface area contributed by atoms with Crippen molar-refractivity contribution in [1.82, 2.24) is 30.4 Å². The highest BCUT2D eigenvalue weighted by Gasteiger charge is 2.27. The number of hydrogen-bond donors (Lipinski definition) is 2. The van der Waals surface area contributed by atoms with Crippen molar-refractivity contribution in [2.75, 3.05) is 24.4 Å². The van der Waals surface area contributed by atoms with Crippen molar-refractivity contribution in [1.29, 1.82) is 0 Å². The van der Waals surface area contributed by atoms with Gasteiger partial charge in [-0.05, 0) is 29.5 Å². The Hall–Kier alpha value is -3.76. The molecule has 138 valence electrons. The molecule has 3 heterocycles. The molecule has 11 heteroatoms. The maximum absolute atomic E-state index is 12.9. The number of hydrogen-bond acceptors (Lipinski definition) is 8. The number of esters is 1. The highest BCUT2D eigenvalue weighted by Crippen LogP contribution is 2.28. The number of tetrazole rings is 1. The number of nitrogens with one attached hydrogen (secondary N) is 2. The van der Waals surface area contributed by atoms with Crippen molar-refractivity contribution in [3.8, 4) is 0 Å². The molecule has 3 aromatic rings. The number of benzene rings is 1. The first-order chi connectivity index (χ1) is 13.0. The van der Waals surface area contributed by atoms with Crippen molar-refractivity contribution in [3.63, 3.8) is 0 Å². The summed E-state index contributed by atoms with van der Waals surface area (Å²) in [5.74, 6) is -0.362. The zero-order valence-electron chi connectivity index (χ0n) is 14.8. The van der Waals surface area contributed by atoms with Crippen LogP contribution in [-0.2, 0) is 16.1 Å². The van der Waals surface area contributed by atoms with Crippen molar-refractivity contribution >= 4 is 34.4 Å². The SMILES string of the molecule is COC(=O)c1c(NC(=O)C2=C(C)N(C)c3nnnn3C2)ccc2[nH]ncc12. The number of fused-ring (bicyclic) bond motifs is 2. The highest BCUT2D eigenvalue weighted by atomic mass is 16.5. The molecule has 2 aromatic heterocycles. The molecule has 0 spiro atoms. The summed E-state index contributed by atoms with van der Waals surface area (Å²) in [4.78, 5) is 27.0. The van der Waals surface area contributed by atoms with Gasteiger partial charge in [0.1, 0.15) is 0 Å². The number of anilines is 2. The number of H-pyrrole nitrogens is 1. The quantitative estimate of drug-likeness (QED) is 0.646. The van der Waals surface area contributed by atoms with E-state index in [4.69, 9.17) is 4.74 Å². The Morgan fingerprint density at radius 3 is 2.93 bits per heavy atom. The van der Waals surface area contributed by atoms with Crippen LogP contribution in [0, 0.1) is 0 Å². The highest BCUT2D eigenvalue weighted by molar-refractivity contribution is 6.13. The lowest BCUT2D eigenvalue weighted by Crippen LogP contribution is -2.32. The number of aromatic nitrogens is 6. The number of allylic oxidation sites excluding steroid dienone is 1. The van der Waals surface area contributed by atoms with Crippen molar-refractivity contribution < 1.29 is 14.3 Å². The summed E-state index contributed by atoms with van der Waals surface area (Å²) in [7, 11) is 3.07. The molecule has 0 radical (unpaired) electrons. The Kier molecular flexibility index (Phi) is 3.83. The minimum absolute atomic E-state index is 0.228. The van der Waals surface area contributed by atoms with Gasteiger partial charge in [-0.2, -0.15) is 5.10 Å². The molecule has 0 aliphatic carbocycles. The maximum atomic E-state index is 12.9. The van der Waals surface area contributed by atoms with E-state index in [-0.39, 0.29) is 18.0 Å². The first kappa shape index (κ1) is 16.7. The molecule has 0 unspecified atom stereocenters. The molecule has 1 aromatic carbocycles. The number of amides is 1. The van der Waals surface area contributed by atoms with E-state index in [1.54, 1.807) is 24.1 Å². The van der Waals surface area contributed by atoms with Gasteiger partial charge in [0.2, 0.25) is 5.95 Å². The average molecular weight is 368 g/mol. The largest absolute Gasteiger partial charge is 0.465 e. The van der Waals surface area contributed by atoms with Crippen LogP contribution in [0.2, 0.25) is 0 Å². The number of rotatable bonds is 3. The summed E-state index contributed by atoms with van der Waals surface area (Å²) in [6, 6.07) is 3.37. The van der Waals surface area contributed by atoms with Crippen molar-refractivity contribution in [2.45, 2.75) is 13.5 Å². The van der Waals surface area contributed by atoms with Crippen LogP contribution in [-0.4, -0.2) is 56.4 Å². The molecule has 11 nitrogen and oxygen atoms in total. The predicted molar refractivity (Wildman–Crippen MR) is 95.0 cm³/mol. The molecule has 4 rings (SSSR count). The van der Waals surface area contributed by atoms with Gasteiger partial charge < -0.3 is 15.0 Å². The van der Waals surface area contributed by atoms with Crippen molar-refractivity contribution in [2.24, 2.45) is 0 Å². The molecule has 0 fully saturated rings. The van der Waals surface area contributed by atoms with E-state index in [1.165, 1.54) is 18.0 Å². The molecule has 2 N–H and O–H groups in total. The topological polar surface area (TPSA) is 131 Å². The third-order valence-corrected chi connectivity index (χ3v) is 4.60. The van der Waals surface area contributed by atoms with Gasteiger partial charge in [0.25, 0.3) is 5.91 Å². The van der Waals surface area contributed by atoms with Crippen molar-refractivity contribution in [3.05, 3.63) is 35.2 Å². The number of aromatic amines is 1. The van der Waals surface area contributed by atoms with Crippen LogP contribution in [0.3, 0.4) is 0 Å². The number of methoxy groups -OCH3 is 1. The average Bonchev–Trinajstić information content (AvgIpc) is 3.32. The summed E-state index contributed by atoms with van der Waals surface area (Å²) >= 11 is 0. The lowest BCUT2D eigenvalue weighted by atomic mass is 10.1. The van der Waals surface area contributed by atoms with E-state index in [2.05, 4.69) is 31.0 Å². The number of nitrogens with zero attached hydrogens (tertiary/aromatic N) is 6. The van der Waals surface area contributed by atoms with E-state index in [1.807, 2.05) is 6.92 Å². The number of carbonyl (C=O) groups excluding carboxylic acids is 2. The van der Waals surface area contributed by atoms with Crippen LogP contribution in [0.1, 0.15) is 17.3 Å². The Morgan fingerprint density at radius 2 is 2.15 bits per heavy atom. The van der Waals surface area contributed by atoms with Gasteiger partial charge in [0.05, 0.1) is 42.2 Å². The van der Waals surface area contributed by atoms with Crippen LogP contribution in [0.15, 0.2) is 29.6 Å². The molecule has 0 atom stereocenters. The van der Waals surface area contributed by atoms with E-state index < -0.39 is 5.97 Å². The van der Waals surface area contributed by atoms with Crippen LogP contribution in [0.4, 0.5) is 11.6 Å². The fourth-order valence-corrected chi connectivity index (χ4v) is 3.04. The maximum Gasteiger partial charge on any atom is 0.340 e. The summed E-state index contributed by atoms with van der Waals surface area (Å²) < 4.78 is 6.40. The Morgan fingerprint density at radius 1 is 1.33 bits per heavy atom. The van der Waals surface area contributed by atoms with Gasteiger partial charge in [-0.25, -0.2) is 9.48 Å². The van der Waals surface area contributed by atoms with Crippen LogP contribution >= 0.6 is 0 Å². The van der Waals surface area contributed by atoms with E-state index in [9.17, 15) is 9.59 Å². The second-order valence-corrected chi connectivity index (χ2v) is 6.02. The number of carbonyl (C=O) groups is 2. The minimum Gasteiger partial charge on any atom is -0.465 e. The minimum atomic E-state index is -0.563. The van der Waals surface area contributed by atoms with Crippen LogP contribution < -0.4 is 10.2 Å². The molecule has 1 aliphatic heterocycles. The van der Waals surface area contributed by atoms with E-state index in [0.717, 1.165) is 5.70 Å². The van der Waals surface area contributed by atoms with Gasteiger partial charge in [0, 0.05) is 18.1 Å². The van der Waals surface area contributed by atoms with Crippen LogP contribution in [0.25, 0.3) is 10.9 Å². The summed E-state index contributed by atoms with van der Waals surface area (Å²) in [5, 5.41) is 21.6. The lowest BCUT2D eigenvalue weighted by molar-refractivity contribution is -0.113. The smallest absolute Gasteiger partial charge is 0.340 e. The Labute approximate surface area is 153 Å². The third kappa shape index (κ3) is 2.60. The predicted octanol–water partition coefficient (Wildman–Crippen LogP) is 0.698. The third-order valence-electron chi connectivity index (χ3n) is 4.60. The zero-order valence-corrected chi connectivity index (χ0v) is 14.8. The van der Waals surface area contributed by atoms with E-state index >= 15 is 0 Å². The molecule has 0 bridgehead atoms. The molecule has 27 heavy (non-hydrogen) atoms. The summed E-state index contributed by atoms with van der Waals surface area (Å²) in [6.07, 6.45) is 1.52. The normalized spacial score (nSPS) is 13.7. The fourth-order valence-electron chi connectivity index (χ4n) is 3.04. The molecule has 1 aliphatic rings. The van der Waals surface area contributed by atoms with Gasteiger partial charge in [0.15, 0.2) is 0 Å². The first-order valence-corrected chi connectivity index (χ1v) is 8.06. The fraction of sp³-hybridized carbons (Fsp3) is 0.250. The first-order valence-electron chi connectivity index (χ1n) is 8.06. The van der Waals surface area contributed by atoms with Crippen LogP contribution in [0.5, 0.6) is 0 Å². The molecular weight excluding hydrogens is 352 g/mol. The lowest BCUT2D eigenvalue weighted by Gasteiger charge is -2.26. The van der Waals surface area contributed by atoms with Gasteiger partial charge >= 0.3 is 5.97 Å². The molecular formula is C16H16N8O3. The molecule has 0 saturated carbocycles. The second kappa shape index (κ2) is 6.20. The molecule has 1 amide bonds. The van der Waals surface area contributed by atoms with Gasteiger partial charge in [-0.15, -0.1) is 0 Å². The Bertz CT molecular complexity index is 1100. The molecule has 0 saturated heterocycles. The van der Waals surface area contributed by atoms with Gasteiger partial charge in [-0.1, -0.05) is 5.10 Å². The number of ether oxygens (including phenoxy) is 1.